The van der Waals surface area contributed by atoms with Crippen molar-refractivity contribution in [1.29, 1.82) is 0 Å². The lowest BCUT2D eigenvalue weighted by atomic mass is 10.2. The summed E-state index contributed by atoms with van der Waals surface area (Å²) >= 11 is 1.55. The molecule has 2 saturated heterocycles. The molecule has 150 valence electrons. The highest BCUT2D eigenvalue weighted by Crippen LogP contribution is 2.25. The monoisotopic (exact) mass is 403 g/mol. The van der Waals surface area contributed by atoms with Gasteiger partial charge in [0.05, 0.1) is 18.5 Å². The number of nitrogens with zero attached hydrogens (tertiary/aromatic N) is 4. The Labute approximate surface area is 167 Å². The van der Waals surface area contributed by atoms with Crippen molar-refractivity contribution in [3.63, 3.8) is 0 Å². The van der Waals surface area contributed by atoms with Crippen LogP contribution in [0.5, 0.6) is 0 Å². The topological polar surface area (TPSA) is 89.6 Å². The van der Waals surface area contributed by atoms with Gasteiger partial charge in [0, 0.05) is 44.0 Å². The molecular formula is C19H25N5O3S. The van der Waals surface area contributed by atoms with Crippen molar-refractivity contribution in [2.75, 3.05) is 39.3 Å². The third-order valence-corrected chi connectivity index (χ3v) is 6.79. The normalized spacial score (nSPS) is 18.4. The molecule has 2 fully saturated rings. The summed E-state index contributed by atoms with van der Waals surface area (Å²) < 4.78 is 0. The Balaban J connectivity index is 1.35. The Morgan fingerprint density at radius 1 is 1.14 bits per heavy atom. The quantitative estimate of drug-likeness (QED) is 0.818. The van der Waals surface area contributed by atoms with E-state index in [1.165, 1.54) is 0 Å². The Morgan fingerprint density at radius 2 is 1.89 bits per heavy atom. The highest BCUT2D eigenvalue weighted by Gasteiger charge is 2.27. The van der Waals surface area contributed by atoms with Crippen molar-refractivity contribution in [1.82, 2.24) is 24.7 Å². The van der Waals surface area contributed by atoms with Crippen LogP contribution in [0, 0.1) is 13.8 Å². The third-order valence-electron chi connectivity index (χ3n) is 5.68. The van der Waals surface area contributed by atoms with E-state index in [1.54, 1.807) is 16.2 Å². The Hall–Kier alpha value is -2.26. The zero-order chi connectivity index (χ0) is 19.8. The zero-order valence-electron chi connectivity index (χ0n) is 16.3. The van der Waals surface area contributed by atoms with Crippen molar-refractivity contribution in [2.24, 2.45) is 0 Å². The van der Waals surface area contributed by atoms with E-state index in [1.807, 2.05) is 18.7 Å². The summed E-state index contributed by atoms with van der Waals surface area (Å²) in [6, 6.07) is 0. The second-order valence-electron chi connectivity index (χ2n) is 7.55. The molecular weight excluding hydrogens is 378 g/mol. The van der Waals surface area contributed by atoms with E-state index in [-0.39, 0.29) is 23.9 Å². The van der Waals surface area contributed by atoms with E-state index in [0.29, 0.717) is 43.8 Å². The van der Waals surface area contributed by atoms with E-state index in [4.69, 9.17) is 0 Å². The van der Waals surface area contributed by atoms with Gasteiger partial charge in [0.25, 0.3) is 5.56 Å². The largest absolute Gasteiger partial charge is 0.339 e. The molecule has 0 unspecified atom stereocenters. The molecule has 0 bridgehead atoms. The highest BCUT2D eigenvalue weighted by molar-refractivity contribution is 7.18. The lowest BCUT2D eigenvalue weighted by molar-refractivity contribution is -0.139. The molecule has 0 atom stereocenters. The third kappa shape index (κ3) is 3.68. The molecule has 2 aliphatic rings. The number of thiophene rings is 1. The Kier molecular flexibility index (Phi) is 5.20. The van der Waals surface area contributed by atoms with E-state index in [0.717, 1.165) is 34.8 Å². The van der Waals surface area contributed by atoms with Gasteiger partial charge in [-0.3, -0.25) is 19.3 Å². The van der Waals surface area contributed by atoms with Crippen molar-refractivity contribution in [2.45, 2.75) is 33.2 Å². The zero-order valence-corrected chi connectivity index (χ0v) is 17.1. The second kappa shape index (κ2) is 7.63. The number of piperazine rings is 1. The van der Waals surface area contributed by atoms with Crippen LogP contribution in [-0.4, -0.2) is 75.8 Å². The number of aromatic nitrogens is 2. The minimum absolute atomic E-state index is 0.0207. The summed E-state index contributed by atoms with van der Waals surface area (Å²) in [5, 5.41) is 0.693. The first-order chi connectivity index (χ1) is 13.4. The fraction of sp³-hybridized carbons (Fsp3) is 0.579. The number of aryl methyl sites for hydroxylation is 2. The maximum atomic E-state index is 12.4. The fourth-order valence-electron chi connectivity index (χ4n) is 3.88. The number of aromatic amines is 1. The van der Waals surface area contributed by atoms with Crippen LogP contribution in [-0.2, 0) is 16.1 Å². The van der Waals surface area contributed by atoms with Gasteiger partial charge < -0.3 is 14.8 Å². The first-order valence-corrected chi connectivity index (χ1v) is 10.5. The predicted molar refractivity (Wildman–Crippen MR) is 107 cm³/mol. The highest BCUT2D eigenvalue weighted by atomic mass is 32.1. The van der Waals surface area contributed by atoms with Crippen molar-refractivity contribution < 1.29 is 9.59 Å². The number of fused-ring (bicyclic) bond motifs is 1. The molecule has 2 aromatic rings. The van der Waals surface area contributed by atoms with Gasteiger partial charge in [-0.15, -0.1) is 11.3 Å². The van der Waals surface area contributed by atoms with E-state index in [9.17, 15) is 14.4 Å². The van der Waals surface area contributed by atoms with Gasteiger partial charge in [-0.1, -0.05) is 0 Å². The summed E-state index contributed by atoms with van der Waals surface area (Å²) in [7, 11) is 0. The molecule has 28 heavy (non-hydrogen) atoms. The summed E-state index contributed by atoms with van der Waals surface area (Å²) in [6.45, 7) is 8.12. The molecule has 4 rings (SSSR count). The molecule has 0 radical (unpaired) electrons. The van der Waals surface area contributed by atoms with Crippen LogP contribution < -0.4 is 5.56 Å². The van der Waals surface area contributed by atoms with Crippen LogP contribution in [0.25, 0.3) is 10.2 Å². The SMILES string of the molecule is Cc1sc2nc(CN3CCN(C(=O)CN4CCCC4=O)CC3)[nH]c(=O)c2c1C. The molecule has 0 aliphatic carbocycles. The van der Waals surface area contributed by atoms with Gasteiger partial charge in [-0.2, -0.15) is 0 Å². The standard InChI is InChI=1S/C19H25N5O3S/c1-12-13(2)28-19-17(12)18(27)20-14(21-19)10-22-6-8-23(9-7-22)16(26)11-24-5-3-4-15(24)25/h3-11H2,1-2H3,(H,20,21,27). The lowest BCUT2D eigenvalue weighted by Crippen LogP contribution is -2.51. The summed E-state index contributed by atoms with van der Waals surface area (Å²) in [5.41, 5.74) is 0.926. The average Bonchev–Trinajstić information content (AvgIpc) is 3.18. The molecule has 9 heteroatoms. The molecule has 2 aromatic heterocycles. The smallest absolute Gasteiger partial charge is 0.259 e. The van der Waals surface area contributed by atoms with Gasteiger partial charge in [-0.05, 0) is 25.8 Å². The number of amides is 2. The molecule has 0 saturated carbocycles. The molecule has 2 aliphatic heterocycles. The maximum Gasteiger partial charge on any atom is 0.259 e. The average molecular weight is 404 g/mol. The van der Waals surface area contributed by atoms with Gasteiger partial charge in [0.2, 0.25) is 11.8 Å². The van der Waals surface area contributed by atoms with Crippen LogP contribution in [0.4, 0.5) is 0 Å². The van der Waals surface area contributed by atoms with E-state index in [2.05, 4.69) is 14.9 Å². The molecule has 2 amide bonds. The predicted octanol–water partition coefficient (Wildman–Crippen LogP) is 0.868. The number of nitrogens with one attached hydrogen (secondary N) is 1. The second-order valence-corrected chi connectivity index (χ2v) is 8.75. The number of H-pyrrole nitrogens is 1. The molecule has 1 N–H and O–H groups in total. The number of carbonyl (C=O) groups excluding carboxylic acids is 2. The van der Waals surface area contributed by atoms with Gasteiger partial charge in [-0.25, -0.2) is 4.98 Å². The number of hydrogen-bond acceptors (Lipinski definition) is 6. The lowest BCUT2D eigenvalue weighted by Gasteiger charge is -2.35. The van der Waals surface area contributed by atoms with Crippen molar-refractivity contribution >= 4 is 33.4 Å². The maximum absolute atomic E-state index is 12.4. The number of likely N-dealkylation sites (tertiary alicyclic amines) is 1. The Bertz CT molecular complexity index is 974. The number of hydrogen-bond donors (Lipinski definition) is 1. The number of carbonyl (C=O) groups is 2. The molecule has 0 spiro atoms. The first-order valence-electron chi connectivity index (χ1n) is 9.69. The van der Waals surface area contributed by atoms with Crippen molar-refractivity contribution in [3.05, 3.63) is 26.6 Å². The van der Waals surface area contributed by atoms with Gasteiger partial charge in [0.1, 0.15) is 10.7 Å². The van der Waals surface area contributed by atoms with Crippen LogP contribution in [0.3, 0.4) is 0 Å². The van der Waals surface area contributed by atoms with E-state index < -0.39 is 0 Å². The molecule has 8 nitrogen and oxygen atoms in total. The number of rotatable bonds is 4. The molecule has 4 heterocycles. The minimum atomic E-state index is -0.0778. The summed E-state index contributed by atoms with van der Waals surface area (Å²) in [6.07, 6.45) is 1.40. The van der Waals surface area contributed by atoms with E-state index >= 15 is 0 Å². The van der Waals surface area contributed by atoms with Crippen LogP contribution in [0.15, 0.2) is 4.79 Å². The Morgan fingerprint density at radius 3 is 2.57 bits per heavy atom. The van der Waals surface area contributed by atoms with Crippen LogP contribution in [0.2, 0.25) is 0 Å². The van der Waals surface area contributed by atoms with Crippen molar-refractivity contribution in [3.8, 4) is 0 Å². The molecule has 0 aromatic carbocycles. The minimum Gasteiger partial charge on any atom is -0.339 e. The van der Waals surface area contributed by atoms with Gasteiger partial charge in [0.15, 0.2) is 0 Å². The van der Waals surface area contributed by atoms with Crippen LogP contribution >= 0.6 is 11.3 Å². The summed E-state index contributed by atoms with van der Waals surface area (Å²) in [4.78, 5) is 51.7. The van der Waals surface area contributed by atoms with Gasteiger partial charge >= 0.3 is 0 Å². The van der Waals surface area contributed by atoms with Crippen LogP contribution in [0.1, 0.15) is 29.1 Å². The summed E-state index contributed by atoms with van der Waals surface area (Å²) in [5.74, 6) is 0.769. The first kappa shape index (κ1) is 19.1. The fourth-order valence-corrected chi connectivity index (χ4v) is 4.92.